The third-order valence-electron chi connectivity index (χ3n) is 6.19. The molecule has 1 aliphatic heterocycles. The van der Waals surface area contributed by atoms with E-state index in [-0.39, 0.29) is 6.03 Å². The topological polar surface area (TPSA) is 77.5 Å². The number of rotatable bonds is 7. The van der Waals surface area contributed by atoms with Crippen LogP contribution in [0, 0.1) is 6.92 Å². The van der Waals surface area contributed by atoms with Crippen molar-refractivity contribution in [1.82, 2.24) is 15.2 Å². The maximum atomic E-state index is 12.4. The Hall–Kier alpha value is -2.96. The Morgan fingerprint density at radius 2 is 1.81 bits per heavy atom. The zero-order valence-electron chi connectivity index (χ0n) is 18.7. The maximum Gasteiger partial charge on any atom is 0.319 e. The van der Waals surface area contributed by atoms with E-state index in [2.05, 4.69) is 32.7 Å². The van der Waals surface area contributed by atoms with Crippen LogP contribution in [0.25, 0.3) is 10.9 Å². The first-order valence-electron chi connectivity index (χ1n) is 11.4. The fourth-order valence-electron chi connectivity index (χ4n) is 4.43. The minimum atomic E-state index is -0.610. The summed E-state index contributed by atoms with van der Waals surface area (Å²) < 4.78 is 0. The average Bonchev–Trinajstić information content (AvgIpc) is 2.78. The van der Waals surface area contributed by atoms with E-state index in [0.717, 1.165) is 61.2 Å². The van der Waals surface area contributed by atoms with Gasteiger partial charge in [0.2, 0.25) is 0 Å². The first-order valence-corrected chi connectivity index (χ1v) is 11.4. The normalized spacial score (nSPS) is 16.1. The molecule has 3 aromatic rings. The van der Waals surface area contributed by atoms with E-state index in [4.69, 9.17) is 0 Å². The second-order valence-electron chi connectivity index (χ2n) is 8.79. The highest BCUT2D eigenvalue weighted by molar-refractivity contribution is 6.00. The summed E-state index contributed by atoms with van der Waals surface area (Å²) in [5, 5.41) is 17.8. The van der Waals surface area contributed by atoms with Crippen molar-refractivity contribution in [2.24, 2.45) is 0 Å². The molecule has 0 spiro atoms. The molecule has 0 unspecified atom stereocenters. The van der Waals surface area contributed by atoms with E-state index >= 15 is 0 Å². The molecule has 2 aromatic carbocycles. The van der Waals surface area contributed by atoms with Gasteiger partial charge >= 0.3 is 6.03 Å². The third-order valence-corrected chi connectivity index (χ3v) is 6.19. The van der Waals surface area contributed by atoms with Crippen molar-refractivity contribution in [3.05, 3.63) is 71.9 Å². The Balaban J connectivity index is 1.18. The predicted octanol–water partition coefficient (Wildman–Crippen LogP) is 4.12. The van der Waals surface area contributed by atoms with Crippen molar-refractivity contribution in [1.29, 1.82) is 0 Å². The summed E-state index contributed by atoms with van der Waals surface area (Å²) in [4.78, 5) is 19.3. The molecule has 32 heavy (non-hydrogen) atoms. The number of anilines is 1. The number of piperidine rings is 1. The average molecular weight is 433 g/mol. The number of hydrogen-bond acceptors (Lipinski definition) is 4. The van der Waals surface area contributed by atoms with Crippen LogP contribution in [0.2, 0.25) is 0 Å². The molecule has 1 saturated heterocycles. The number of nitrogens with zero attached hydrogens (tertiary/aromatic N) is 2. The molecule has 1 aromatic heterocycles. The molecule has 1 aliphatic rings. The molecule has 6 heteroatoms. The Kier molecular flexibility index (Phi) is 7.02. The monoisotopic (exact) mass is 432 g/mol. The number of para-hydroxylation sites is 1. The fourth-order valence-corrected chi connectivity index (χ4v) is 4.43. The highest BCUT2D eigenvalue weighted by Gasteiger charge is 2.32. The zero-order valence-corrected chi connectivity index (χ0v) is 18.7. The Labute approximate surface area is 189 Å². The van der Waals surface area contributed by atoms with E-state index in [1.54, 1.807) is 0 Å². The van der Waals surface area contributed by atoms with Gasteiger partial charge in [-0.05, 0) is 50.4 Å². The van der Waals surface area contributed by atoms with Crippen molar-refractivity contribution in [3.8, 4) is 0 Å². The highest BCUT2D eigenvalue weighted by Crippen LogP contribution is 2.26. The van der Waals surface area contributed by atoms with E-state index in [1.165, 1.54) is 5.56 Å². The summed E-state index contributed by atoms with van der Waals surface area (Å²) in [6, 6.07) is 19.7. The van der Waals surface area contributed by atoms with Gasteiger partial charge in [-0.2, -0.15) is 0 Å². The standard InChI is InChI=1S/C26H32N4O2/c1-20-18-24(22-10-5-6-11-23(22)28-20)29-25(31)27-14-7-15-30-16-12-26(32,13-17-30)19-21-8-3-2-4-9-21/h2-6,8-11,18,32H,7,12-17,19H2,1H3,(H2,27,28,29,31). The van der Waals surface area contributed by atoms with Crippen LogP contribution in [0.4, 0.5) is 10.5 Å². The molecule has 0 radical (unpaired) electrons. The van der Waals surface area contributed by atoms with E-state index in [0.29, 0.717) is 13.0 Å². The van der Waals surface area contributed by atoms with Gasteiger partial charge in [-0.25, -0.2) is 4.79 Å². The summed E-state index contributed by atoms with van der Waals surface area (Å²) >= 11 is 0. The van der Waals surface area contributed by atoms with Crippen LogP contribution >= 0.6 is 0 Å². The number of carbonyl (C=O) groups excluding carboxylic acids is 1. The molecule has 2 amide bonds. The van der Waals surface area contributed by atoms with Gasteiger partial charge in [-0.3, -0.25) is 4.98 Å². The molecule has 0 bridgehead atoms. The van der Waals surface area contributed by atoms with Crippen molar-refractivity contribution >= 4 is 22.6 Å². The number of amides is 2. The van der Waals surface area contributed by atoms with Crippen LogP contribution in [-0.4, -0.2) is 52.8 Å². The second-order valence-corrected chi connectivity index (χ2v) is 8.79. The molecule has 6 nitrogen and oxygen atoms in total. The number of fused-ring (bicyclic) bond motifs is 1. The lowest BCUT2D eigenvalue weighted by Gasteiger charge is -2.38. The van der Waals surface area contributed by atoms with Gasteiger partial charge in [0.15, 0.2) is 0 Å². The minimum absolute atomic E-state index is 0.198. The second kappa shape index (κ2) is 10.1. The van der Waals surface area contributed by atoms with Gasteiger partial charge < -0.3 is 20.6 Å². The van der Waals surface area contributed by atoms with Gasteiger partial charge in [0, 0.05) is 37.1 Å². The molecular weight excluding hydrogens is 400 g/mol. The Morgan fingerprint density at radius 1 is 1.09 bits per heavy atom. The third kappa shape index (κ3) is 5.84. The van der Waals surface area contributed by atoms with Crippen molar-refractivity contribution < 1.29 is 9.90 Å². The number of urea groups is 1. The SMILES string of the molecule is Cc1cc(NC(=O)NCCCN2CCC(O)(Cc3ccccc3)CC2)c2ccccc2n1. The quantitative estimate of drug-likeness (QED) is 0.491. The number of pyridine rings is 1. The minimum Gasteiger partial charge on any atom is -0.389 e. The predicted molar refractivity (Wildman–Crippen MR) is 129 cm³/mol. The van der Waals surface area contributed by atoms with Gasteiger partial charge in [0.1, 0.15) is 0 Å². The van der Waals surface area contributed by atoms with Crippen molar-refractivity contribution in [3.63, 3.8) is 0 Å². The van der Waals surface area contributed by atoms with Crippen LogP contribution in [-0.2, 0) is 6.42 Å². The van der Waals surface area contributed by atoms with Crippen LogP contribution < -0.4 is 10.6 Å². The van der Waals surface area contributed by atoms with Crippen LogP contribution in [0.15, 0.2) is 60.7 Å². The molecule has 1 fully saturated rings. The summed E-state index contributed by atoms with van der Waals surface area (Å²) in [5.41, 5.74) is 3.10. The van der Waals surface area contributed by atoms with Gasteiger partial charge in [0.05, 0.1) is 16.8 Å². The van der Waals surface area contributed by atoms with Crippen LogP contribution in [0.5, 0.6) is 0 Å². The lowest BCUT2D eigenvalue weighted by atomic mass is 9.85. The number of aromatic nitrogens is 1. The Bertz CT molecular complexity index is 1050. The fraction of sp³-hybridized carbons (Fsp3) is 0.385. The lowest BCUT2D eigenvalue weighted by molar-refractivity contribution is -0.0206. The number of hydrogen-bond donors (Lipinski definition) is 3. The number of aliphatic hydroxyl groups is 1. The van der Waals surface area contributed by atoms with Crippen LogP contribution in [0.3, 0.4) is 0 Å². The first-order chi connectivity index (χ1) is 15.5. The van der Waals surface area contributed by atoms with Crippen molar-refractivity contribution in [2.75, 3.05) is 31.5 Å². The maximum absolute atomic E-state index is 12.4. The number of carbonyl (C=O) groups is 1. The molecule has 0 atom stereocenters. The first kappa shape index (κ1) is 22.2. The highest BCUT2D eigenvalue weighted by atomic mass is 16.3. The summed E-state index contributed by atoms with van der Waals surface area (Å²) in [5.74, 6) is 0. The van der Waals surface area contributed by atoms with Gasteiger partial charge in [0.25, 0.3) is 0 Å². The van der Waals surface area contributed by atoms with Gasteiger partial charge in [-0.15, -0.1) is 0 Å². The Morgan fingerprint density at radius 3 is 2.59 bits per heavy atom. The summed E-state index contributed by atoms with van der Waals surface area (Å²) in [6.07, 6.45) is 3.15. The molecule has 0 saturated carbocycles. The van der Waals surface area contributed by atoms with E-state index < -0.39 is 5.60 Å². The molecule has 4 rings (SSSR count). The molecule has 3 N–H and O–H groups in total. The van der Waals surface area contributed by atoms with E-state index in [9.17, 15) is 9.90 Å². The molecule has 0 aliphatic carbocycles. The zero-order chi connectivity index (χ0) is 22.4. The number of likely N-dealkylation sites (tertiary alicyclic amines) is 1. The smallest absolute Gasteiger partial charge is 0.319 e. The van der Waals surface area contributed by atoms with E-state index in [1.807, 2.05) is 55.5 Å². The molecule has 168 valence electrons. The number of benzene rings is 2. The lowest BCUT2D eigenvalue weighted by Crippen LogP contribution is -2.46. The van der Waals surface area contributed by atoms with Gasteiger partial charge in [-0.1, -0.05) is 48.5 Å². The van der Waals surface area contributed by atoms with Crippen molar-refractivity contribution in [2.45, 2.75) is 38.2 Å². The molecular formula is C26H32N4O2. The largest absolute Gasteiger partial charge is 0.389 e. The summed E-state index contributed by atoms with van der Waals surface area (Å²) in [6.45, 7) is 5.22. The number of aryl methyl sites for hydroxylation is 1. The van der Waals surface area contributed by atoms with Crippen LogP contribution in [0.1, 0.15) is 30.5 Å². The summed E-state index contributed by atoms with van der Waals surface area (Å²) in [7, 11) is 0. The number of nitrogens with one attached hydrogen (secondary N) is 2. The molecule has 2 heterocycles.